The van der Waals surface area contributed by atoms with E-state index in [2.05, 4.69) is 11.9 Å². The fourth-order valence-electron chi connectivity index (χ4n) is 1.12. The average Bonchev–Trinajstić information content (AvgIpc) is 2.13. The van der Waals surface area contributed by atoms with Crippen LogP contribution in [-0.2, 0) is 9.59 Å². The molecule has 4 heteroatoms. The van der Waals surface area contributed by atoms with Crippen LogP contribution in [0, 0.1) is 0 Å². The predicted octanol–water partition coefficient (Wildman–Crippen LogP) is 2.99. The van der Waals surface area contributed by atoms with Crippen LogP contribution in [0.5, 0.6) is 0 Å². The van der Waals surface area contributed by atoms with Crippen molar-refractivity contribution in [2.75, 3.05) is 0 Å². The molecule has 0 aromatic carbocycles. The number of carbonyl (C=O) groups is 2. The maximum absolute atomic E-state index is 11.3. The summed E-state index contributed by atoms with van der Waals surface area (Å²) in [5.41, 5.74) is 0.934. The van der Waals surface area contributed by atoms with Gasteiger partial charge in [-0.1, -0.05) is 30.8 Å². The molecule has 0 aliphatic carbocycles. The van der Waals surface area contributed by atoms with Gasteiger partial charge in [0.15, 0.2) is 5.78 Å². The monoisotopic (exact) mass is 241 g/mol. The molecule has 0 spiro atoms. The third-order valence-electron chi connectivity index (χ3n) is 1.76. The molecule has 0 rings (SSSR count). The Labute approximate surface area is 101 Å². The Bertz CT molecular complexity index is 328. The molecule has 0 saturated heterocycles. The summed E-state index contributed by atoms with van der Waals surface area (Å²) < 4.78 is 0. The number of carbonyl (C=O) groups excluding carboxylic acids is 2. The Morgan fingerprint density at radius 1 is 1.25 bits per heavy atom. The summed E-state index contributed by atoms with van der Waals surface area (Å²) in [6.07, 6.45) is 1.27. The zero-order valence-corrected chi connectivity index (χ0v) is 11.2. The first kappa shape index (κ1) is 15.0. The number of ketones is 1. The molecule has 0 aromatic heterocycles. The van der Waals surface area contributed by atoms with Crippen molar-refractivity contribution < 1.29 is 9.59 Å². The Kier molecular flexibility index (Phi) is 6.81. The first-order valence-electron chi connectivity index (χ1n) is 5.23. The first-order valence-corrected chi connectivity index (χ1v) is 6.05. The molecule has 1 N–H and O–H groups in total. The van der Waals surface area contributed by atoms with Gasteiger partial charge in [-0.2, -0.15) is 0 Å². The zero-order valence-electron chi connectivity index (χ0n) is 10.3. The number of hydrogen-bond donors (Lipinski definition) is 1. The number of thioether (sulfide) groups is 1. The fraction of sp³-hybridized carbons (Fsp3) is 0.500. The van der Waals surface area contributed by atoms with Crippen molar-refractivity contribution in [1.29, 1.82) is 0 Å². The molecule has 1 amide bonds. The lowest BCUT2D eigenvalue weighted by Crippen LogP contribution is -2.20. The normalized spacial score (nSPS) is 9.50. The van der Waals surface area contributed by atoms with Gasteiger partial charge in [-0.25, -0.2) is 0 Å². The van der Waals surface area contributed by atoms with Gasteiger partial charge in [-0.15, -0.1) is 0 Å². The molecule has 0 aromatic rings. The molecule has 0 heterocycles. The van der Waals surface area contributed by atoms with Gasteiger partial charge >= 0.3 is 0 Å². The molecule has 0 aliphatic rings. The van der Waals surface area contributed by atoms with Crippen LogP contribution in [0.25, 0.3) is 0 Å². The summed E-state index contributed by atoms with van der Waals surface area (Å²) in [7, 11) is 0. The maximum atomic E-state index is 11.3. The lowest BCUT2D eigenvalue weighted by molar-refractivity contribution is -0.120. The molecule has 0 radical (unpaired) electrons. The van der Waals surface area contributed by atoms with E-state index >= 15 is 0 Å². The fourth-order valence-corrected chi connectivity index (χ4v) is 1.88. The van der Waals surface area contributed by atoms with Crippen molar-refractivity contribution in [3.8, 4) is 0 Å². The molecule has 3 nitrogen and oxygen atoms in total. The van der Waals surface area contributed by atoms with E-state index in [0.717, 1.165) is 12.0 Å². The number of allylic oxidation sites excluding steroid dienone is 2. The molecule has 0 aliphatic heterocycles. The standard InChI is InChI=1S/C12H19NO2S/c1-6-7-11(15)13-10(5)16-12(8(2)3)9(4)14/h5-7H2,1-4H3,(H,13,15). The topological polar surface area (TPSA) is 46.2 Å². The lowest BCUT2D eigenvalue weighted by atomic mass is 10.3. The minimum absolute atomic E-state index is 0.00381. The Hall–Kier alpha value is -1.03. The van der Waals surface area contributed by atoms with Crippen LogP contribution < -0.4 is 5.32 Å². The summed E-state index contributed by atoms with van der Waals surface area (Å²) in [6, 6.07) is 0. The summed E-state index contributed by atoms with van der Waals surface area (Å²) in [6.45, 7) is 10.9. The lowest BCUT2D eigenvalue weighted by Gasteiger charge is -2.09. The minimum Gasteiger partial charge on any atom is -0.321 e. The quantitative estimate of drug-likeness (QED) is 0.727. The van der Waals surface area contributed by atoms with Crippen molar-refractivity contribution in [2.45, 2.75) is 40.5 Å². The highest BCUT2D eigenvalue weighted by molar-refractivity contribution is 8.07. The molecule has 0 bridgehead atoms. The smallest absolute Gasteiger partial charge is 0.224 e. The second-order valence-electron chi connectivity index (χ2n) is 3.71. The highest BCUT2D eigenvalue weighted by Crippen LogP contribution is 2.25. The maximum Gasteiger partial charge on any atom is 0.224 e. The number of nitrogens with one attached hydrogen (secondary N) is 1. The van der Waals surface area contributed by atoms with Gasteiger partial charge < -0.3 is 5.32 Å². The number of rotatable bonds is 6. The summed E-state index contributed by atoms with van der Waals surface area (Å²) in [4.78, 5) is 23.2. The van der Waals surface area contributed by atoms with E-state index in [0.29, 0.717) is 16.4 Å². The molecule has 0 atom stereocenters. The van der Waals surface area contributed by atoms with E-state index in [4.69, 9.17) is 0 Å². The number of amides is 1. The summed E-state index contributed by atoms with van der Waals surface area (Å²) in [5.74, 6) is -0.0625. The highest BCUT2D eigenvalue weighted by atomic mass is 32.2. The van der Waals surface area contributed by atoms with Gasteiger partial charge in [0.05, 0.1) is 9.93 Å². The van der Waals surface area contributed by atoms with E-state index in [1.54, 1.807) is 0 Å². The third kappa shape index (κ3) is 5.75. The van der Waals surface area contributed by atoms with E-state index in [1.807, 2.05) is 20.8 Å². The highest BCUT2D eigenvalue weighted by Gasteiger charge is 2.10. The zero-order chi connectivity index (χ0) is 12.7. The van der Waals surface area contributed by atoms with Crippen molar-refractivity contribution in [2.24, 2.45) is 0 Å². The van der Waals surface area contributed by atoms with Gasteiger partial charge in [-0.05, 0) is 27.2 Å². The minimum atomic E-state index is -0.0586. The molecular weight excluding hydrogens is 222 g/mol. The van der Waals surface area contributed by atoms with E-state index in [-0.39, 0.29) is 11.7 Å². The van der Waals surface area contributed by atoms with Crippen LogP contribution in [-0.4, -0.2) is 11.7 Å². The van der Waals surface area contributed by atoms with Crippen molar-refractivity contribution in [3.05, 3.63) is 22.1 Å². The summed E-state index contributed by atoms with van der Waals surface area (Å²) in [5, 5.41) is 3.17. The van der Waals surface area contributed by atoms with Crippen molar-refractivity contribution >= 4 is 23.5 Å². The predicted molar refractivity (Wildman–Crippen MR) is 68.8 cm³/mol. The van der Waals surface area contributed by atoms with E-state index < -0.39 is 0 Å². The largest absolute Gasteiger partial charge is 0.321 e. The van der Waals surface area contributed by atoms with Crippen molar-refractivity contribution in [3.63, 3.8) is 0 Å². The molecule has 0 unspecified atom stereocenters. The van der Waals surface area contributed by atoms with Crippen molar-refractivity contribution in [1.82, 2.24) is 5.32 Å². The van der Waals surface area contributed by atoms with Crippen LogP contribution in [0.2, 0.25) is 0 Å². The van der Waals surface area contributed by atoms with Gasteiger partial charge in [0, 0.05) is 6.42 Å². The molecular formula is C12H19NO2S. The average molecular weight is 241 g/mol. The van der Waals surface area contributed by atoms with E-state index in [9.17, 15) is 9.59 Å². The second-order valence-corrected chi connectivity index (χ2v) is 4.81. The second kappa shape index (κ2) is 7.28. The van der Waals surface area contributed by atoms with Crippen LogP contribution in [0.1, 0.15) is 40.5 Å². The molecule has 0 saturated carbocycles. The summed E-state index contributed by atoms with van der Waals surface area (Å²) >= 11 is 1.22. The molecule has 90 valence electrons. The van der Waals surface area contributed by atoms with Gasteiger partial charge in [-0.3, -0.25) is 9.59 Å². The van der Waals surface area contributed by atoms with Crippen LogP contribution in [0.15, 0.2) is 22.1 Å². The molecule has 0 fully saturated rings. The van der Waals surface area contributed by atoms with E-state index in [1.165, 1.54) is 18.7 Å². The van der Waals surface area contributed by atoms with Crippen LogP contribution in [0.4, 0.5) is 0 Å². The third-order valence-corrected chi connectivity index (χ3v) is 3.00. The Morgan fingerprint density at radius 3 is 2.19 bits per heavy atom. The SMILES string of the molecule is C=C(NC(=O)CCC)SC(C(C)=O)=C(C)C. The Morgan fingerprint density at radius 2 is 1.81 bits per heavy atom. The van der Waals surface area contributed by atoms with Gasteiger partial charge in [0.25, 0.3) is 0 Å². The molecule has 16 heavy (non-hydrogen) atoms. The first-order chi connectivity index (χ1) is 7.38. The van der Waals surface area contributed by atoms with Crippen LogP contribution in [0.3, 0.4) is 0 Å². The van der Waals surface area contributed by atoms with Crippen LogP contribution >= 0.6 is 11.8 Å². The van der Waals surface area contributed by atoms with Gasteiger partial charge in [0.2, 0.25) is 5.91 Å². The van der Waals surface area contributed by atoms with Gasteiger partial charge in [0.1, 0.15) is 0 Å². The Balaban J connectivity index is 4.39. The number of Topliss-reactive ketones (excluding diaryl/α,β-unsaturated/α-hetero) is 1. The number of hydrogen-bond acceptors (Lipinski definition) is 3.